The normalized spacial score (nSPS) is 22.4. The fraction of sp³-hybridized carbons (Fsp3) is 0.583. The standard InChI is InChI=1S/C12H19N3O/c1-10-8-14(2)5-6-15(10)12-4-3-11(9-16)7-13-12/h3-4,7,10,16H,5-6,8-9H2,1-2H3. The molecule has 2 rings (SSSR count). The van der Waals surface area contributed by atoms with Crippen LogP contribution in [0.3, 0.4) is 0 Å². The monoisotopic (exact) mass is 221 g/mol. The number of piperazine rings is 1. The summed E-state index contributed by atoms with van der Waals surface area (Å²) in [5.41, 5.74) is 0.866. The number of anilines is 1. The number of hydrogen-bond acceptors (Lipinski definition) is 4. The van der Waals surface area contributed by atoms with Crippen molar-refractivity contribution in [3.05, 3.63) is 23.9 Å². The Labute approximate surface area is 96.5 Å². The topological polar surface area (TPSA) is 39.6 Å². The number of aromatic nitrogens is 1. The zero-order valence-electron chi connectivity index (χ0n) is 9.93. The second-order valence-electron chi connectivity index (χ2n) is 4.49. The highest BCUT2D eigenvalue weighted by molar-refractivity contribution is 5.41. The molecule has 0 saturated carbocycles. The molecule has 1 aromatic heterocycles. The van der Waals surface area contributed by atoms with Gasteiger partial charge in [-0.1, -0.05) is 6.07 Å². The van der Waals surface area contributed by atoms with Gasteiger partial charge < -0.3 is 14.9 Å². The number of aliphatic hydroxyl groups excluding tert-OH is 1. The Balaban J connectivity index is 2.11. The Hall–Kier alpha value is -1.13. The molecular formula is C12H19N3O. The van der Waals surface area contributed by atoms with E-state index >= 15 is 0 Å². The van der Waals surface area contributed by atoms with Crippen molar-refractivity contribution in [1.82, 2.24) is 9.88 Å². The van der Waals surface area contributed by atoms with E-state index in [1.165, 1.54) is 0 Å². The zero-order chi connectivity index (χ0) is 11.5. The van der Waals surface area contributed by atoms with Gasteiger partial charge >= 0.3 is 0 Å². The summed E-state index contributed by atoms with van der Waals surface area (Å²) in [6.45, 7) is 5.45. The third-order valence-electron chi connectivity index (χ3n) is 3.12. The van der Waals surface area contributed by atoms with Crippen LogP contribution in [0.1, 0.15) is 12.5 Å². The van der Waals surface area contributed by atoms with Crippen molar-refractivity contribution in [1.29, 1.82) is 0 Å². The highest BCUT2D eigenvalue weighted by atomic mass is 16.3. The molecule has 1 atom stereocenters. The molecule has 4 nitrogen and oxygen atoms in total. The van der Waals surface area contributed by atoms with Crippen LogP contribution < -0.4 is 4.90 Å². The van der Waals surface area contributed by atoms with Crippen molar-refractivity contribution in [2.75, 3.05) is 31.6 Å². The van der Waals surface area contributed by atoms with E-state index in [0.29, 0.717) is 6.04 Å². The molecule has 2 heterocycles. The van der Waals surface area contributed by atoms with Crippen LogP contribution in [0.25, 0.3) is 0 Å². The Kier molecular flexibility index (Phi) is 3.41. The van der Waals surface area contributed by atoms with Crippen LogP contribution in [0.15, 0.2) is 18.3 Å². The zero-order valence-corrected chi connectivity index (χ0v) is 9.93. The summed E-state index contributed by atoms with van der Waals surface area (Å²) in [4.78, 5) is 9.05. The summed E-state index contributed by atoms with van der Waals surface area (Å²) in [6, 6.07) is 4.42. The van der Waals surface area contributed by atoms with Crippen LogP contribution >= 0.6 is 0 Å². The molecule has 0 aromatic carbocycles. The van der Waals surface area contributed by atoms with Gasteiger partial charge in [-0.25, -0.2) is 4.98 Å². The van der Waals surface area contributed by atoms with Gasteiger partial charge in [0.1, 0.15) is 5.82 Å². The first kappa shape index (κ1) is 11.4. The van der Waals surface area contributed by atoms with E-state index in [1.807, 2.05) is 12.1 Å². The molecule has 0 amide bonds. The van der Waals surface area contributed by atoms with Crippen molar-refractivity contribution in [2.24, 2.45) is 0 Å². The lowest BCUT2D eigenvalue weighted by Gasteiger charge is -2.39. The Bertz CT molecular complexity index is 339. The fourth-order valence-corrected chi connectivity index (χ4v) is 2.16. The lowest BCUT2D eigenvalue weighted by atomic mass is 10.2. The molecule has 1 aliphatic heterocycles. The average molecular weight is 221 g/mol. The van der Waals surface area contributed by atoms with Crippen LogP contribution in [0.2, 0.25) is 0 Å². The summed E-state index contributed by atoms with van der Waals surface area (Å²) >= 11 is 0. The molecule has 0 spiro atoms. The third-order valence-corrected chi connectivity index (χ3v) is 3.12. The first-order valence-corrected chi connectivity index (χ1v) is 5.71. The maximum absolute atomic E-state index is 8.97. The highest BCUT2D eigenvalue weighted by Crippen LogP contribution is 2.17. The minimum atomic E-state index is 0.0611. The molecule has 0 radical (unpaired) electrons. The first-order valence-electron chi connectivity index (χ1n) is 5.71. The molecule has 0 bridgehead atoms. The minimum absolute atomic E-state index is 0.0611. The molecule has 1 unspecified atom stereocenters. The van der Waals surface area contributed by atoms with Gasteiger partial charge in [0.25, 0.3) is 0 Å². The van der Waals surface area contributed by atoms with E-state index in [-0.39, 0.29) is 6.61 Å². The van der Waals surface area contributed by atoms with Crippen LogP contribution in [-0.4, -0.2) is 47.7 Å². The van der Waals surface area contributed by atoms with Crippen molar-refractivity contribution >= 4 is 5.82 Å². The number of aliphatic hydroxyl groups is 1. The van der Waals surface area contributed by atoms with E-state index < -0.39 is 0 Å². The summed E-state index contributed by atoms with van der Waals surface area (Å²) in [7, 11) is 2.15. The fourth-order valence-electron chi connectivity index (χ4n) is 2.16. The summed E-state index contributed by atoms with van der Waals surface area (Å²) < 4.78 is 0. The van der Waals surface area contributed by atoms with Crippen molar-refractivity contribution in [3.8, 4) is 0 Å². The lowest BCUT2D eigenvalue weighted by Crippen LogP contribution is -2.50. The van der Waals surface area contributed by atoms with Crippen molar-refractivity contribution in [2.45, 2.75) is 19.6 Å². The largest absolute Gasteiger partial charge is 0.392 e. The van der Waals surface area contributed by atoms with Crippen LogP contribution in [-0.2, 0) is 6.61 Å². The van der Waals surface area contributed by atoms with Gasteiger partial charge in [-0.3, -0.25) is 0 Å². The van der Waals surface area contributed by atoms with E-state index in [0.717, 1.165) is 31.0 Å². The molecule has 1 aliphatic rings. The molecule has 1 N–H and O–H groups in total. The van der Waals surface area contributed by atoms with Gasteiger partial charge in [-0.05, 0) is 25.6 Å². The second kappa shape index (κ2) is 4.80. The second-order valence-corrected chi connectivity index (χ2v) is 4.49. The summed E-state index contributed by atoms with van der Waals surface area (Å²) in [6.07, 6.45) is 1.75. The van der Waals surface area contributed by atoms with Gasteiger partial charge in [0, 0.05) is 31.9 Å². The maximum Gasteiger partial charge on any atom is 0.128 e. The Morgan fingerprint density at radius 2 is 2.25 bits per heavy atom. The van der Waals surface area contributed by atoms with Gasteiger partial charge in [0.2, 0.25) is 0 Å². The molecule has 1 saturated heterocycles. The van der Waals surface area contributed by atoms with Gasteiger partial charge in [-0.15, -0.1) is 0 Å². The third kappa shape index (κ3) is 2.33. The SMILES string of the molecule is CC1CN(C)CCN1c1ccc(CO)cn1. The highest BCUT2D eigenvalue weighted by Gasteiger charge is 2.22. The van der Waals surface area contributed by atoms with Crippen molar-refractivity contribution < 1.29 is 5.11 Å². The maximum atomic E-state index is 8.97. The molecule has 0 aliphatic carbocycles. The van der Waals surface area contributed by atoms with Crippen LogP contribution in [0, 0.1) is 0 Å². The molecule has 4 heteroatoms. The minimum Gasteiger partial charge on any atom is -0.392 e. The molecule has 1 fully saturated rings. The van der Waals surface area contributed by atoms with Crippen molar-refractivity contribution in [3.63, 3.8) is 0 Å². The molecule has 16 heavy (non-hydrogen) atoms. The molecular weight excluding hydrogens is 202 g/mol. The predicted octanol–water partition coefficient (Wildman–Crippen LogP) is 0.714. The molecule has 88 valence electrons. The smallest absolute Gasteiger partial charge is 0.128 e. The van der Waals surface area contributed by atoms with Crippen LogP contribution in [0.5, 0.6) is 0 Å². The van der Waals surface area contributed by atoms with Crippen LogP contribution in [0.4, 0.5) is 5.82 Å². The van der Waals surface area contributed by atoms with E-state index in [1.54, 1.807) is 6.20 Å². The van der Waals surface area contributed by atoms with Gasteiger partial charge in [0.05, 0.1) is 6.61 Å². The summed E-state index contributed by atoms with van der Waals surface area (Å²) in [5, 5.41) is 8.97. The number of likely N-dealkylation sites (N-methyl/N-ethyl adjacent to an activating group) is 1. The van der Waals surface area contributed by atoms with E-state index in [9.17, 15) is 0 Å². The van der Waals surface area contributed by atoms with Gasteiger partial charge in [0.15, 0.2) is 0 Å². The average Bonchev–Trinajstić information content (AvgIpc) is 2.29. The number of nitrogens with zero attached hydrogens (tertiary/aromatic N) is 3. The first-order chi connectivity index (χ1) is 7.70. The molecule has 1 aromatic rings. The predicted molar refractivity (Wildman–Crippen MR) is 64.5 cm³/mol. The number of pyridine rings is 1. The van der Waals surface area contributed by atoms with E-state index in [4.69, 9.17) is 5.11 Å². The lowest BCUT2D eigenvalue weighted by molar-refractivity contribution is 0.274. The Morgan fingerprint density at radius 3 is 2.81 bits per heavy atom. The van der Waals surface area contributed by atoms with Gasteiger partial charge in [-0.2, -0.15) is 0 Å². The number of hydrogen-bond donors (Lipinski definition) is 1. The Morgan fingerprint density at radius 1 is 1.44 bits per heavy atom. The summed E-state index contributed by atoms with van der Waals surface area (Å²) in [5.74, 6) is 1.01. The van der Waals surface area contributed by atoms with E-state index in [2.05, 4.69) is 28.8 Å². The number of rotatable bonds is 2. The quantitative estimate of drug-likeness (QED) is 0.798.